The fraction of sp³-hybridized carbons (Fsp3) is 0.677. The second kappa shape index (κ2) is 17.6. The molecule has 2 saturated carbocycles. The van der Waals surface area contributed by atoms with Gasteiger partial charge < -0.3 is 16.6 Å². The van der Waals surface area contributed by atoms with Crippen molar-refractivity contribution in [1.29, 1.82) is 0 Å². The zero-order valence-electron chi connectivity index (χ0n) is 25.5. The first-order chi connectivity index (χ1) is 18.6. The van der Waals surface area contributed by atoms with Crippen molar-refractivity contribution >= 4 is 17.8 Å². The van der Waals surface area contributed by atoms with Crippen LogP contribution in [0.5, 0.6) is 0 Å². The number of likely N-dealkylation sites (tertiary alicyclic amines) is 1. The third-order valence-corrected chi connectivity index (χ3v) is 6.96. The first kappa shape index (κ1) is 37.8. The van der Waals surface area contributed by atoms with E-state index in [0.717, 1.165) is 31.8 Å². The van der Waals surface area contributed by atoms with Crippen LogP contribution < -0.4 is 11.5 Å². The second-order valence-electron chi connectivity index (χ2n) is 11.3. The molecule has 9 heteroatoms. The Kier molecular flexibility index (Phi) is 16.6. The van der Waals surface area contributed by atoms with Gasteiger partial charge in [-0.2, -0.15) is 0 Å². The molecule has 1 spiro atoms. The van der Waals surface area contributed by atoms with E-state index in [-0.39, 0.29) is 5.91 Å². The van der Waals surface area contributed by atoms with E-state index >= 15 is 0 Å². The number of halogens is 3. The number of aliphatic hydroxyl groups is 1. The lowest BCUT2D eigenvalue weighted by Gasteiger charge is -2.61. The highest BCUT2D eigenvalue weighted by Gasteiger charge is 2.55. The number of Topliss-reactive ketones (excluding diaryl/α,β-unsaturated/α-hetero) is 1. The Labute approximate surface area is 239 Å². The average Bonchev–Trinajstić information content (AvgIpc) is 3.71. The molecule has 3 fully saturated rings. The van der Waals surface area contributed by atoms with E-state index in [2.05, 4.69) is 48.2 Å². The summed E-state index contributed by atoms with van der Waals surface area (Å²) in [7, 11) is 0. The van der Waals surface area contributed by atoms with Crippen LogP contribution in [-0.4, -0.2) is 65.6 Å². The number of aliphatic hydroxyl groups excluding tert-OH is 1. The molecule has 0 aromatic heterocycles. The molecule has 230 valence electrons. The molecule has 0 radical (unpaired) electrons. The zero-order chi connectivity index (χ0) is 31.1. The highest BCUT2D eigenvalue weighted by atomic mass is 19.3. The number of nitrogens with zero attached hydrogens (tertiary/aromatic N) is 1. The largest absolute Gasteiger partial charge is 0.390 e. The van der Waals surface area contributed by atoms with Crippen LogP contribution in [0.25, 0.3) is 6.08 Å². The van der Waals surface area contributed by atoms with Crippen LogP contribution in [0.2, 0.25) is 0 Å². The quantitative estimate of drug-likeness (QED) is 0.385. The molecule has 40 heavy (non-hydrogen) atoms. The van der Waals surface area contributed by atoms with Crippen LogP contribution in [-0.2, 0) is 9.59 Å². The van der Waals surface area contributed by atoms with Gasteiger partial charge in [0.1, 0.15) is 13.3 Å². The molecule has 0 bridgehead atoms. The second-order valence-corrected chi connectivity index (χ2v) is 11.3. The fourth-order valence-corrected chi connectivity index (χ4v) is 4.35. The van der Waals surface area contributed by atoms with Gasteiger partial charge in [0.15, 0.2) is 5.78 Å². The van der Waals surface area contributed by atoms with Crippen molar-refractivity contribution in [3.05, 3.63) is 41.5 Å². The number of carbonyl (C=O) groups is 2. The number of rotatable bonds is 7. The van der Waals surface area contributed by atoms with E-state index in [1.165, 1.54) is 31.7 Å². The van der Waals surface area contributed by atoms with Gasteiger partial charge in [-0.15, -0.1) is 0 Å². The van der Waals surface area contributed by atoms with Gasteiger partial charge in [0.05, 0.1) is 5.54 Å². The molecule has 0 atom stereocenters. The molecule has 3 aliphatic rings. The number of ketones is 1. The summed E-state index contributed by atoms with van der Waals surface area (Å²) in [6.45, 7) is 12.0. The first-order valence-corrected chi connectivity index (χ1v) is 14.2. The number of hydrogen-bond acceptors (Lipinski definition) is 5. The maximum absolute atomic E-state index is 11.2. The Morgan fingerprint density at radius 3 is 1.85 bits per heavy atom. The highest BCUT2D eigenvalue weighted by Crippen LogP contribution is 2.49. The number of benzene rings is 1. The fourth-order valence-electron chi connectivity index (χ4n) is 4.35. The Balaban J connectivity index is 0.000000539. The van der Waals surface area contributed by atoms with Gasteiger partial charge in [-0.3, -0.25) is 14.5 Å². The van der Waals surface area contributed by atoms with E-state index in [1.54, 1.807) is 5.57 Å². The number of amides is 1. The summed E-state index contributed by atoms with van der Waals surface area (Å²) in [4.78, 5) is 22.8. The molecule has 1 aromatic rings. The molecule has 4 rings (SSSR count). The molecular weight excluding hydrogens is 519 g/mol. The third-order valence-electron chi connectivity index (χ3n) is 6.96. The summed E-state index contributed by atoms with van der Waals surface area (Å²) in [5.41, 5.74) is 14.0. The van der Waals surface area contributed by atoms with E-state index < -0.39 is 30.5 Å². The molecule has 1 heterocycles. The minimum absolute atomic E-state index is 0.240. The SMILES string of the molecule is CC.CC(=O)CF.CC(C)(C(N)=O)N1CC2(CC(N)C2)C1.CC(F)(F)CO.CC/C(=C\c1ccccc1)C1CC1. The topological polar surface area (TPSA) is 110 Å². The standard InChI is InChI=1S/C13H16.C10H19N3O.C3H6F2O.C3H5FO.C2H6/c1-2-12(13-8-9-13)10-11-6-4-3-5-7-11;1-9(2,8(12)14)13-5-10(6-13)3-7(11)4-10;1-3(4,5)2-6;1-3(5)2-4;1-2/h3-7,10,13H,2,8-9H2,1H3;7H,3-6,11H2,1-2H3,(H2,12,14);6H,2H2,1H3;2H2,1H3;1-2H3/b12-10+;;;;. The normalized spacial score (nSPS) is 18.1. The Bertz CT molecular complexity index is 899. The predicted molar refractivity (Wildman–Crippen MR) is 158 cm³/mol. The highest BCUT2D eigenvalue weighted by molar-refractivity contribution is 5.83. The van der Waals surface area contributed by atoms with Crippen molar-refractivity contribution in [2.24, 2.45) is 22.8 Å². The summed E-state index contributed by atoms with van der Waals surface area (Å²) in [6, 6.07) is 11.0. The predicted octanol–water partition coefficient (Wildman–Crippen LogP) is 5.77. The number of carbonyl (C=O) groups excluding carboxylic acids is 2. The molecular formula is C31H52F3N3O3. The summed E-state index contributed by atoms with van der Waals surface area (Å²) >= 11 is 0. The lowest BCUT2D eigenvalue weighted by atomic mass is 9.60. The summed E-state index contributed by atoms with van der Waals surface area (Å²) in [5, 5.41) is 7.65. The lowest BCUT2D eigenvalue weighted by molar-refractivity contribution is -0.148. The molecule has 1 saturated heterocycles. The van der Waals surface area contributed by atoms with Crippen LogP contribution >= 0.6 is 0 Å². The van der Waals surface area contributed by atoms with Crippen LogP contribution in [0.15, 0.2) is 35.9 Å². The number of alkyl halides is 3. The lowest BCUT2D eigenvalue weighted by Crippen LogP contribution is -2.71. The van der Waals surface area contributed by atoms with Crippen LogP contribution in [0, 0.1) is 11.3 Å². The van der Waals surface area contributed by atoms with Gasteiger partial charge >= 0.3 is 0 Å². The third kappa shape index (κ3) is 13.9. The number of primary amides is 1. The minimum atomic E-state index is -2.90. The van der Waals surface area contributed by atoms with Gasteiger partial charge in [0, 0.05) is 26.1 Å². The number of nitrogens with two attached hydrogens (primary N) is 2. The smallest absolute Gasteiger partial charge is 0.267 e. The van der Waals surface area contributed by atoms with Crippen LogP contribution in [0.3, 0.4) is 0 Å². The first-order valence-electron chi connectivity index (χ1n) is 14.2. The Hall–Kier alpha value is -2.23. The summed E-state index contributed by atoms with van der Waals surface area (Å²) in [5.74, 6) is -2.65. The molecule has 1 aliphatic heterocycles. The van der Waals surface area contributed by atoms with Crippen molar-refractivity contribution in [2.45, 2.75) is 98.1 Å². The average molecular weight is 572 g/mol. The van der Waals surface area contributed by atoms with Gasteiger partial charge in [-0.1, -0.05) is 62.8 Å². The van der Waals surface area contributed by atoms with Crippen molar-refractivity contribution in [2.75, 3.05) is 26.4 Å². The maximum atomic E-state index is 11.2. The molecule has 6 nitrogen and oxygen atoms in total. The van der Waals surface area contributed by atoms with Crippen LogP contribution in [0.4, 0.5) is 13.2 Å². The minimum Gasteiger partial charge on any atom is -0.390 e. The molecule has 1 amide bonds. The van der Waals surface area contributed by atoms with Gasteiger partial charge in [0.25, 0.3) is 5.92 Å². The molecule has 5 N–H and O–H groups in total. The van der Waals surface area contributed by atoms with Crippen molar-refractivity contribution in [3.8, 4) is 0 Å². The molecule has 0 unspecified atom stereocenters. The van der Waals surface area contributed by atoms with Crippen molar-refractivity contribution in [3.63, 3.8) is 0 Å². The summed E-state index contributed by atoms with van der Waals surface area (Å²) in [6.07, 6.45) is 8.60. The number of hydrogen-bond donors (Lipinski definition) is 3. The van der Waals surface area contributed by atoms with E-state index in [1.807, 2.05) is 27.7 Å². The zero-order valence-corrected chi connectivity index (χ0v) is 25.5. The Morgan fingerprint density at radius 1 is 1.10 bits per heavy atom. The molecule has 2 aliphatic carbocycles. The van der Waals surface area contributed by atoms with Crippen molar-refractivity contribution < 1.29 is 27.9 Å². The summed E-state index contributed by atoms with van der Waals surface area (Å²) < 4.78 is 33.2. The van der Waals surface area contributed by atoms with E-state index in [4.69, 9.17) is 16.6 Å². The van der Waals surface area contributed by atoms with Gasteiger partial charge in [-0.25, -0.2) is 13.2 Å². The Morgan fingerprint density at radius 2 is 1.55 bits per heavy atom. The number of allylic oxidation sites excluding steroid dienone is 1. The monoisotopic (exact) mass is 571 g/mol. The van der Waals surface area contributed by atoms with E-state index in [0.29, 0.717) is 18.4 Å². The van der Waals surface area contributed by atoms with Gasteiger partial charge in [0.2, 0.25) is 5.91 Å². The van der Waals surface area contributed by atoms with Gasteiger partial charge in [-0.05, 0) is 69.8 Å². The maximum Gasteiger partial charge on any atom is 0.267 e. The van der Waals surface area contributed by atoms with Crippen molar-refractivity contribution in [1.82, 2.24) is 4.90 Å². The van der Waals surface area contributed by atoms with E-state index in [9.17, 15) is 22.8 Å². The van der Waals surface area contributed by atoms with Crippen LogP contribution in [0.1, 0.15) is 86.1 Å². The molecule has 1 aromatic carbocycles.